The number of hydrogen-bond donors (Lipinski definition) is 0. The van der Waals surface area contributed by atoms with Crippen LogP contribution in [0.4, 0.5) is 0 Å². The molecular weight excluding hydrogens is 627 g/mol. The summed E-state index contributed by atoms with van der Waals surface area (Å²) in [7, 11) is 0. The summed E-state index contributed by atoms with van der Waals surface area (Å²) in [4.78, 5) is 4.72. The third-order valence-electron chi connectivity index (χ3n) is 9.64. The van der Waals surface area contributed by atoms with Crippen LogP contribution in [0.5, 0.6) is 0 Å². The first-order chi connectivity index (χ1) is 25.2. The van der Waals surface area contributed by atoms with Gasteiger partial charge in [0.2, 0.25) is 0 Å². The molecule has 0 atom stereocenters. The lowest BCUT2D eigenvalue weighted by molar-refractivity contribution is 1.14. The molecule has 0 heterocycles. The Morgan fingerprint density at radius 2 is 1.13 bits per heavy atom. The van der Waals surface area contributed by atoms with Crippen molar-refractivity contribution >= 4 is 17.0 Å². The van der Waals surface area contributed by atoms with Crippen LogP contribution < -0.4 is 0 Å². The molecule has 0 radical (unpaired) electrons. The molecule has 6 aromatic rings. The fraction of sp³-hybridized carbons (Fsp3) is 0.196. The molecule has 0 fully saturated rings. The molecule has 262 valence electrons. The highest BCUT2D eigenvalue weighted by atomic mass is 14.7. The number of allylic oxidation sites excluding steroid dienone is 2. The van der Waals surface area contributed by atoms with Crippen LogP contribution in [0.2, 0.25) is 0 Å². The summed E-state index contributed by atoms with van der Waals surface area (Å²) in [5.41, 5.74) is 20.5. The molecule has 1 aliphatic rings. The van der Waals surface area contributed by atoms with E-state index < -0.39 is 0 Å². The number of rotatable bonds is 7. The first-order valence-electron chi connectivity index (χ1n) is 18.6. The second kappa shape index (κ2) is 18.1. The zero-order chi connectivity index (χ0) is 37.0. The standard InChI is InChI=1S/C23H27N.C21H18.C7H8/c1-6-19-8-12-21(13-9-19)18(5)16-23(24-17(3)4)22-14-10-20(7-2)11-15-22;1-14-7-3-5-9-18(14)19-12-11-17-13-16-8-4-6-10-20(16)21(17)15(19)2;1-7-5-3-2-4-6-7/h8-16H,5-7H2,1-4H3;3-12H,13H2,1-2H3;2-6H,1H3/b23-16-;;. The second-order valence-corrected chi connectivity index (χ2v) is 13.8. The van der Waals surface area contributed by atoms with Crippen LogP contribution in [0.15, 0.2) is 157 Å². The Kier molecular flexibility index (Phi) is 13.1. The number of hydrogen-bond acceptors (Lipinski definition) is 1. The van der Waals surface area contributed by atoms with Crippen molar-refractivity contribution in [1.82, 2.24) is 0 Å². The third kappa shape index (κ3) is 9.62. The van der Waals surface area contributed by atoms with Gasteiger partial charge in [-0.05, 0) is 127 Å². The fourth-order valence-electron chi connectivity index (χ4n) is 6.65. The Hall–Kier alpha value is -5.53. The molecule has 0 aliphatic heterocycles. The number of aryl methyl sites for hydroxylation is 4. The molecule has 1 heteroatoms. The predicted molar refractivity (Wildman–Crippen MR) is 228 cm³/mol. The molecule has 0 bridgehead atoms. The Balaban J connectivity index is 0.000000170. The lowest BCUT2D eigenvalue weighted by atomic mass is 9.90. The Morgan fingerprint density at radius 1 is 0.577 bits per heavy atom. The van der Waals surface area contributed by atoms with Crippen LogP contribution in [-0.2, 0) is 19.3 Å². The van der Waals surface area contributed by atoms with Gasteiger partial charge in [-0.2, -0.15) is 0 Å². The van der Waals surface area contributed by atoms with E-state index in [1.807, 2.05) is 32.0 Å². The van der Waals surface area contributed by atoms with Crippen molar-refractivity contribution in [1.29, 1.82) is 0 Å². The molecule has 1 aliphatic carbocycles. The van der Waals surface area contributed by atoms with Crippen LogP contribution in [0, 0.1) is 20.8 Å². The molecule has 0 amide bonds. The van der Waals surface area contributed by atoms with Crippen LogP contribution in [-0.4, -0.2) is 5.71 Å². The van der Waals surface area contributed by atoms with E-state index in [1.54, 1.807) is 0 Å². The topological polar surface area (TPSA) is 12.4 Å². The van der Waals surface area contributed by atoms with Crippen molar-refractivity contribution in [2.24, 2.45) is 4.99 Å². The van der Waals surface area contributed by atoms with Crippen LogP contribution in [0.3, 0.4) is 0 Å². The van der Waals surface area contributed by atoms with E-state index in [-0.39, 0.29) is 0 Å². The van der Waals surface area contributed by atoms with Crippen molar-refractivity contribution < 1.29 is 0 Å². The smallest absolute Gasteiger partial charge is 0.0707 e. The summed E-state index contributed by atoms with van der Waals surface area (Å²) in [6.45, 7) is 19.2. The average molecular weight is 680 g/mol. The lowest BCUT2D eigenvalue weighted by Gasteiger charge is -2.14. The minimum absolute atomic E-state index is 0.960. The van der Waals surface area contributed by atoms with Crippen LogP contribution in [0.1, 0.15) is 77.8 Å². The van der Waals surface area contributed by atoms with Gasteiger partial charge >= 0.3 is 0 Å². The molecule has 0 unspecified atom stereocenters. The van der Waals surface area contributed by atoms with E-state index in [9.17, 15) is 0 Å². The third-order valence-corrected chi connectivity index (χ3v) is 9.64. The normalized spacial score (nSPS) is 11.2. The van der Waals surface area contributed by atoms with Crippen LogP contribution >= 0.6 is 0 Å². The van der Waals surface area contributed by atoms with E-state index in [4.69, 9.17) is 4.99 Å². The summed E-state index contributed by atoms with van der Waals surface area (Å²) in [5.74, 6) is 0. The van der Waals surface area contributed by atoms with Gasteiger partial charge in [0.15, 0.2) is 0 Å². The first kappa shape index (κ1) is 37.7. The Morgan fingerprint density at radius 3 is 1.69 bits per heavy atom. The number of aliphatic imine (C=N–C) groups is 1. The van der Waals surface area contributed by atoms with Crippen molar-refractivity contribution in [2.75, 3.05) is 0 Å². The van der Waals surface area contributed by atoms with Gasteiger partial charge in [-0.15, -0.1) is 0 Å². The number of nitrogens with zero attached hydrogens (tertiary/aromatic N) is 1. The van der Waals surface area contributed by atoms with Gasteiger partial charge in [-0.25, -0.2) is 0 Å². The molecule has 52 heavy (non-hydrogen) atoms. The summed E-state index contributed by atoms with van der Waals surface area (Å²) < 4.78 is 0. The van der Waals surface area contributed by atoms with Gasteiger partial charge in [0.25, 0.3) is 0 Å². The maximum absolute atomic E-state index is 4.72. The van der Waals surface area contributed by atoms with Crippen molar-refractivity contribution in [3.63, 3.8) is 0 Å². The number of fused-ring (bicyclic) bond motifs is 3. The van der Waals surface area contributed by atoms with Crippen molar-refractivity contribution in [3.05, 3.63) is 202 Å². The van der Waals surface area contributed by atoms with Gasteiger partial charge in [0, 0.05) is 11.3 Å². The highest BCUT2D eigenvalue weighted by molar-refractivity contribution is 5.90. The minimum atomic E-state index is 0.960. The maximum atomic E-state index is 4.72. The molecule has 0 spiro atoms. The quantitative estimate of drug-likeness (QED) is 0.117. The zero-order valence-electron chi connectivity index (χ0n) is 32.1. The number of benzene rings is 6. The van der Waals surface area contributed by atoms with E-state index in [0.717, 1.165) is 47.4 Å². The van der Waals surface area contributed by atoms with Gasteiger partial charge in [-0.3, -0.25) is 4.99 Å². The van der Waals surface area contributed by atoms with E-state index >= 15 is 0 Å². The summed E-state index contributed by atoms with van der Waals surface area (Å²) in [5, 5.41) is 0. The molecule has 7 rings (SSSR count). The summed E-state index contributed by atoms with van der Waals surface area (Å²) in [6, 6.07) is 49.5. The Bertz CT molecular complexity index is 2160. The molecule has 6 aromatic carbocycles. The van der Waals surface area contributed by atoms with Crippen molar-refractivity contribution in [2.45, 2.75) is 67.7 Å². The molecule has 0 saturated heterocycles. The van der Waals surface area contributed by atoms with E-state index in [1.165, 1.54) is 61.2 Å². The zero-order valence-corrected chi connectivity index (χ0v) is 32.1. The molecular formula is C51H53N. The van der Waals surface area contributed by atoms with E-state index in [0.29, 0.717) is 0 Å². The van der Waals surface area contributed by atoms with Gasteiger partial charge in [-0.1, -0.05) is 166 Å². The second-order valence-electron chi connectivity index (χ2n) is 13.8. The maximum Gasteiger partial charge on any atom is 0.0707 e. The predicted octanol–water partition coefficient (Wildman–Crippen LogP) is 13.9. The molecule has 0 aromatic heterocycles. The van der Waals surface area contributed by atoms with Crippen LogP contribution in [0.25, 0.3) is 33.5 Å². The summed E-state index contributed by atoms with van der Waals surface area (Å²) in [6.07, 6.45) is 5.25. The average Bonchev–Trinajstić information content (AvgIpc) is 3.55. The fourth-order valence-corrected chi connectivity index (χ4v) is 6.65. The highest BCUT2D eigenvalue weighted by Crippen LogP contribution is 2.42. The monoisotopic (exact) mass is 679 g/mol. The molecule has 0 saturated carbocycles. The molecule has 1 nitrogen and oxygen atoms in total. The van der Waals surface area contributed by atoms with Crippen molar-refractivity contribution in [3.8, 4) is 22.3 Å². The lowest BCUT2D eigenvalue weighted by Crippen LogP contribution is -1.91. The van der Waals surface area contributed by atoms with Gasteiger partial charge < -0.3 is 0 Å². The van der Waals surface area contributed by atoms with E-state index in [2.05, 4.69) is 169 Å². The SMILES string of the molecule is C=C(/C=C(\N=C(C)C)c1ccc(CC)cc1)c1ccc(CC)cc1.Cc1ccccc1.Cc1ccccc1-c1ccc2c(c1C)-c1ccccc1C2. The molecule has 0 N–H and O–H groups in total. The highest BCUT2D eigenvalue weighted by Gasteiger charge is 2.21. The van der Waals surface area contributed by atoms with Gasteiger partial charge in [0.05, 0.1) is 5.70 Å². The minimum Gasteiger partial charge on any atom is -0.258 e. The first-order valence-corrected chi connectivity index (χ1v) is 18.6. The van der Waals surface area contributed by atoms with Gasteiger partial charge in [0.1, 0.15) is 0 Å². The largest absolute Gasteiger partial charge is 0.258 e. The summed E-state index contributed by atoms with van der Waals surface area (Å²) >= 11 is 0. The Labute approximate surface area is 313 Å².